The van der Waals surface area contributed by atoms with Gasteiger partial charge in [-0.3, -0.25) is 0 Å². The van der Waals surface area contributed by atoms with Crippen LogP contribution in [0.1, 0.15) is 84.6 Å². The first-order valence-electron chi connectivity index (χ1n) is 9.89. The zero-order chi connectivity index (χ0) is 19.8. The minimum atomic E-state index is 0. The van der Waals surface area contributed by atoms with Gasteiger partial charge in [0.05, 0.1) is 19.8 Å². The molecule has 1 aromatic rings. The van der Waals surface area contributed by atoms with Crippen molar-refractivity contribution in [2.24, 2.45) is 0 Å². The normalized spacial score (nSPS) is 9.93. The van der Waals surface area contributed by atoms with Gasteiger partial charge in [-0.1, -0.05) is 59.9 Å². The molecule has 0 fully saturated rings. The third-order valence-corrected chi connectivity index (χ3v) is 3.97. The molecule has 0 aromatic heterocycles. The average molecular weight is 417 g/mol. The summed E-state index contributed by atoms with van der Waals surface area (Å²) < 4.78 is 18.2. The van der Waals surface area contributed by atoms with Crippen LogP contribution in [0.15, 0.2) is 12.1 Å². The molecule has 27 heavy (non-hydrogen) atoms. The Morgan fingerprint density at radius 1 is 0.778 bits per heavy atom. The first-order chi connectivity index (χ1) is 12.7. The fourth-order valence-electron chi connectivity index (χ4n) is 2.38. The Hall–Kier alpha value is -0.746. The van der Waals surface area contributed by atoms with Gasteiger partial charge in [-0.05, 0) is 31.2 Å². The van der Waals surface area contributed by atoms with Gasteiger partial charge in [-0.25, -0.2) is 0 Å². The number of ether oxygens (including phenoxy) is 3. The molecule has 0 saturated heterocycles. The molecule has 1 rings (SSSR count). The van der Waals surface area contributed by atoms with Crippen LogP contribution < -0.4 is 19.5 Å². The second-order valence-electron chi connectivity index (χ2n) is 6.57. The van der Waals surface area contributed by atoms with E-state index < -0.39 is 0 Å². The van der Waals surface area contributed by atoms with Crippen molar-refractivity contribution in [1.29, 1.82) is 0 Å². The number of benzene rings is 1. The predicted molar refractivity (Wildman–Crippen MR) is 104 cm³/mol. The van der Waals surface area contributed by atoms with Gasteiger partial charge in [-0.15, -0.1) is 0 Å². The summed E-state index contributed by atoms with van der Waals surface area (Å²) in [5.74, 6) is 2.88. The fourth-order valence-corrected chi connectivity index (χ4v) is 2.38. The summed E-state index contributed by atoms with van der Waals surface area (Å²) in [4.78, 5) is 0. The van der Waals surface area contributed by atoms with Crippen molar-refractivity contribution in [2.75, 3.05) is 19.8 Å². The number of rotatable bonds is 13. The molecular formula is C21H37O5Ti-. The summed E-state index contributed by atoms with van der Waals surface area (Å²) >= 11 is 0. The van der Waals surface area contributed by atoms with Crippen LogP contribution in [0.5, 0.6) is 17.2 Å². The van der Waals surface area contributed by atoms with Gasteiger partial charge < -0.3 is 24.7 Å². The minimum absolute atomic E-state index is 0. The van der Waals surface area contributed by atoms with Crippen LogP contribution in [0.3, 0.4) is 0 Å². The van der Waals surface area contributed by atoms with Gasteiger partial charge >= 0.3 is 0 Å². The van der Waals surface area contributed by atoms with Crippen molar-refractivity contribution in [3.8, 4) is 17.2 Å². The fraction of sp³-hybridized carbons (Fsp3) is 0.714. The van der Waals surface area contributed by atoms with Crippen molar-refractivity contribution in [3.05, 3.63) is 17.7 Å². The summed E-state index contributed by atoms with van der Waals surface area (Å²) in [6.45, 7) is 13.0. The number of hydrogen-bond acceptors (Lipinski definition) is 5. The van der Waals surface area contributed by atoms with Crippen LogP contribution in [-0.4, -0.2) is 25.1 Å². The Balaban J connectivity index is 0. The van der Waals surface area contributed by atoms with Crippen molar-refractivity contribution in [1.82, 2.24) is 0 Å². The molecule has 0 bridgehead atoms. The molecule has 0 aliphatic rings. The van der Waals surface area contributed by atoms with E-state index in [9.17, 15) is 0 Å². The number of unbranched alkanes of at least 4 members (excludes halogenated alkanes) is 3. The molecular weight excluding hydrogens is 380 g/mol. The van der Waals surface area contributed by atoms with E-state index in [1.165, 1.54) is 5.56 Å². The molecule has 156 valence electrons. The van der Waals surface area contributed by atoms with Crippen molar-refractivity contribution in [3.63, 3.8) is 0 Å². The zero-order valence-electron chi connectivity index (χ0n) is 17.7. The standard InChI is InChI=1S/C21H36O3.H2O2.Ti/c1-6-9-14-22-19-13-12-18(17(4)5)20(23-15-10-7-2)21(19)24-16-11-8-3;1-2;/h12-13,17H,6-11,14-16H2,1-5H3;1-2H;/p-1. The van der Waals surface area contributed by atoms with Gasteiger partial charge in [0.1, 0.15) is 0 Å². The average Bonchev–Trinajstić information content (AvgIpc) is 2.65. The van der Waals surface area contributed by atoms with E-state index in [1.807, 2.05) is 6.07 Å². The maximum atomic E-state index is 7.25. The van der Waals surface area contributed by atoms with E-state index in [2.05, 4.69) is 40.7 Å². The summed E-state index contributed by atoms with van der Waals surface area (Å²) in [5.41, 5.74) is 1.19. The smallest absolute Gasteiger partial charge is 0.203 e. The summed E-state index contributed by atoms with van der Waals surface area (Å²) in [6.07, 6.45) is 6.49. The van der Waals surface area contributed by atoms with E-state index >= 15 is 0 Å². The van der Waals surface area contributed by atoms with Crippen molar-refractivity contribution >= 4 is 0 Å². The predicted octanol–water partition coefficient (Wildman–Crippen LogP) is 5.16. The van der Waals surface area contributed by atoms with Gasteiger partial charge in [0.2, 0.25) is 5.75 Å². The van der Waals surface area contributed by atoms with Crippen LogP contribution in [0.4, 0.5) is 0 Å². The molecule has 0 amide bonds. The molecule has 6 heteroatoms. The molecule has 0 unspecified atom stereocenters. The molecule has 0 saturated carbocycles. The molecule has 0 aliphatic heterocycles. The Labute approximate surface area is 180 Å². The number of hydrogen-bond donors (Lipinski definition) is 1. The summed E-state index contributed by atoms with van der Waals surface area (Å²) in [5, 5.41) is 13.0. The molecule has 1 N–H and O–H groups in total. The van der Waals surface area contributed by atoms with Crippen molar-refractivity contribution in [2.45, 2.75) is 79.1 Å². The van der Waals surface area contributed by atoms with Gasteiger partial charge in [0.25, 0.3) is 0 Å². The van der Waals surface area contributed by atoms with Gasteiger partial charge in [-0.2, -0.15) is 0 Å². The van der Waals surface area contributed by atoms with Crippen LogP contribution in [0, 0.1) is 0 Å². The quantitative estimate of drug-likeness (QED) is 0.208. The third-order valence-electron chi connectivity index (χ3n) is 3.97. The maximum Gasteiger partial charge on any atom is 0.203 e. The largest absolute Gasteiger partial charge is 0.727 e. The summed E-state index contributed by atoms with van der Waals surface area (Å²) in [7, 11) is 0. The molecule has 0 spiro atoms. The molecule has 0 radical (unpaired) electrons. The molecule has 5 nitrogen and oxygen atoms in total. The Morgan fingerprint density at radius 3 is 1.67 bits per heavy atom. The first-order valence-corrected chi connectivity index (χ1v) is 9.89. The van der Waals surface area contributed by atoms with Crippen LogP contribution in [0.25, 0.3) is 0 Å². The van der Waals surface area contributed by atoms with Crippen LogP contribution >= 0.6 is 0 Å². The monoisotopic (exact) mass is 417 g/mol. The zero-order valence-corrected chi connectivity index (χ0v) is 19.2. The SMILES string of the molecule is CCCCOc1ccc(C(C)C)c(OCCCC)c1OCCCC.[O-]O.[Ti]. The van der Waals surface area contributed by atoms with E-state index in [0.29, 0.717) is 12.5 Å². The molecule has 1 aromatic carbocycles. The second kappa shape index (κ2) is 18.6. The third kappa shape index (κ3) is 11.0. The van der Waals surface area contributed by atoms with E-state index in [1.54, 1.807) is 0 Å². The molecule has 0 atom stereocenters. The molecule has 0 aliphatic carbocycles. The Morgan fingerprint density at radius 2 is 1.22 bits per heavy atom. The Bertz CT molecular complexity index is 466. The second-order valence-corrected chi connectivity index (χ2v) is 6.57. The first kappa shape index (κ1) is 28.5. The van der Waals surface area contributed by atoms with Gasteiger partial charge in [0, 0.05) is 27.3 Å². The minimum Gasteiger partial charge on any atom is -0.727 e. The van der Waals surface area contributed by atoms with E-state index in [4.69, 9.17) is 24.7 Å². The van der Waals surface area contributed by atoms with E-state index in [-0.39, 0.29) is 21.7 Å². The van der Waals surface area contributed by atoms with Crippen LogP contribution in [0.2, 0.25) is 0 Å². The summed E-state index contributed by atoms with van der Waals surface area (Å²) in [6, 6.07) is 4.17. The molecule has 0 heterocycles. The van der Waals surface area contributed by atoms with Crippen LogP contribution in [-0.2, 0) is 21.7 Å². The Kier molecular flexibility index (Phi) is 19.6. The topological polar surface area (TPSA) is 71.0 Å². The van der Waals surface area contributed by atoms with E-state index in [0.717, 1.165) is 69.0 Å². The van der Waals surface area contributed by atoms with Crippen molar-refractivity contribution < 1.29 is 46.4 Å². The van der Waals surface area contributed by atoms with Gasteiger partial charge in [0.15, 0.2) is 11.5 Å². The maximum absolute atomic E-state index is 7.25.